The molecule has 0 saturated heterocycles. The summed E-state index contributed by atoms with van der Waals surface area (Å²) in [6.45, 7) is 6.89. The first-order valence-electron chi connectivity index (χ1n) is 4.49. The molecule has 1 atom stereocenters. The number of aromatic nitrogens is 2. The normalized spacial score (nSPS) is 12.8. The number of nitrogens with two attached hydrogens (primary N) is 1. The predicted octanol–water partition coefficient (Wildman–Crippen LogP) is 0.959. The first-order chi connectivity index (χ1) is 6.27. The average Bonchev–Trinajstić information content (AvgIpc) is 2.66. The zero-order valence-corrected chi connectivity index (χ0v) is 8.92. The van der Waals surface area contributed by atoms with Crippen LogP contribution < -0.4 is 10.6 Å². The zero-order chi connectivity index (χ0) is 9.68. The van der Waals surface area contributed by atoms with Crippen LogP contribution in [0.1, 0.15) is 13.8 Å². The van der Waals surface area contributed by atoms with Crippen LogP contribution in [0.5, 0.6) is 0 Å². The van der Waals surface area contributed by atoms with Gasteiger partial charge in [-0.25, -0.2) is 0 Å². The van der Waals surface area contributed by atoms with E-state index in [-0.39, 0.29) is 0 Å². The van der Waals surface area contributed by atoms with Gasteiger partial charge in [-0.2, -0.15) is 0 Å². The van der Waals surface area contributed by atoms with Gasteiger partial charge in [0.1, 0.15) is 5.51 Å². The Hall–Kier alpha value is -0.680. The third kappa shape index (κ3) is 2.93. The highest BCUT2D eigenvalue weighted by Gasteiger charge is 2.10. The van der Waals surface area contributed by atoms with Gasteiger partial charge in [0.15, 0.2) is 0 Å². The molecule has 1 rings (SSSR count). The van der Waals surface area contributed by atoms with E-state index in [0.717, 1.165) is 24.8 Å². The first kappa shape index (κ1) is 10.4. The Balaban J connectivity index is 2.53. The molecule has 0 fully saturated rings. The molecule has 0 aromatic carbocycles. The van der Waals surface area contributed by atoms with Crippen LogP contribution in [0.3, 0.4) is 0 Å². The van der Waals surface area contributed by atoms with Gasteiger partial charge in [0, 0.05) is 13.1 Å². The van der Waals surface area contributed by atoms with Crippen molar-refractivity contribution in [3.8, 4) is 0 Å². The van der Waals surface area contributed by atoms with E-state index in [4.69, 9.17) is 5.73 Å². The molecule has 1 unspecified atom stereocenters. The Kier molecular flexibility index (Phi) is 4.11. The van der Waals surface area contributed by atoms with Crippen LogP contribution in [0, 0.1) is 5.92 Å². The van der Waals surface area contributed by atoms with E-state index in [1.54, 1.807) is 16.8 Å². The molecular weight excluding hydrogens is 184 g/mol. The lowest BCUT2D eigenvalue weighted by Gasteiger charge is -2.22. The third-order valence-corrected chi connectivity index (χ3v) is 2.69. The maximum Gasteiger partial charge on any atom is 0.208 e. The van der Waals surface area contributed by atoms with Crippen LogP contribution >= 0.6 is 11.3 Å². The fourth-order valence-corrected chi connectivity index (χ4v) is 1.73. The smallest absolute Gasteiger partial charge is 0.208 e. The molecule has 0 spiro atoms. The van der Waals surface area contributed by atoms with Gasteiger partial charge in [0.25, 0.3) is 0 Å². The van der Waals surface area contributed by atoms with Crippen molar-refractivity contribution in [3.63, 3.8) is 0 Å². The van der Waals surface area contributed by atoms with Crippen molar-refractivity contribution in [2.45, 2.75) is 13.8 Å². The number of anilines is 1. The maximum absolute atomic E-state index is 5.57. The van der Waals surface area contributed by atoms with Gasteiger partial charge in [-0.15, -0.1) is 10.2 Å². The molecule has 1 aromatic heterocycles. The van der Waals surface area contributed by atoms with Crippen molar-refractivity contribution < 1.29 is 0 Å². The SMILES string of the molecule is CCN(CC(C)CN)c1nncs1. The summed E-state index contributed by atoms with van der Waals surface area (Å²) in [5.74, 6) is 0.504. The molecule has 4 nitrogen and oxygen atoms in total. The van der Waals surface area contributed by atoms with Gasteiger partial charge in [-0.05, 0) is 19.4 Å². The molecule has 74 valence electrons. The average molecular weight is 200 g/mol. The van der Waals surface area contributed by atoms with Crippen molar-refractivity contribution >= 4 is 16.5 Å². The van der Waals surface area contributed by atoms with Crippen LogP contribution in [0.15, 0.2) is 5.51 Å². The molecule has 0 radical (unpaired) electrons. The third-order valence-electron chi connectivity index (χ3n) is 1.94. The van der Waals surface area contributed by atoms with Gasteiger partial charge >= 0.3 is 0 Å². The Morgan fingerprint density at radius 1 is 1.69 bits per heavy atom. The van der Waals surface area contributed by atoms with Crippen LogP contribution in [-0.2, 0) is 0 Å². The molecule has 0 aliphatic carbocycles. The second-order valence-corrected chi connectivity index (χ2v) is 3.91. The van der Waals surface area contributed by atoms with Crippen molar-refractivity contribution in [1.29, 1.82) is 0 Å². The number of hydrogen-bond donors (Lipinski definition) is 1. The summed E-state index contributed by atoms with van der Waals surface area (Å²) >= 11 is 1.57. The fourth-order valence-electron chi connectivity index (χ4n) is 1.10. The van der Waals surface area contributed by atoms with Crippen molar-refractivity contribution in [2.24, 2.45) is 11.7 Å². The van der Waals surface area contributed by atoms with Gasteiger partial charge in [-0.1, -0.05) is 18.3 Å². The highest BCUT2D eigenvalue weighted by atomic mass is 32.1. The Morgan fingerprint density at radius 3 is 2.92 bits per heavy atom. The lowest BCUT2D eigenvalue weighted by atomic mass is 10.2. The van der Waals surface area contributed by atoms with Crippen molar-refractivity contribution in [3.05, 3.63) is 5.51 Å². The van der Waals surface area contributed by atoms with Crippen LogP contribution in [0.4, 0.5) is 5.13 Å². The van der Waals surface area contributed by atoms with E-state index in [9.17, 15) is 0 Å². The standard InChI is InChI=1S/C8H16N4S/c1-3-12(5-7(2)4-9)8-11-10-6-13-8/h6-7H,3-5,9H2,1-2H3. The minimum Gasteiger partial charge on any atom is -0.347 e. The molecule has 5 heteroatoms. The number of hydrogen-bond acceptors (Lipinski definition) is 5. The molecule has 1 heterocycles. The number of nitrogens with zero attached hydrogens (tertiary/aromatic N) is 3. The lowest BCUT2D eigenvalue weighted by molar-refractivity contribution is 0.574. The van der Waals surface area contributed by atoms with E-state index in [1.807, 2.05) is 0 Å². The second-order valence-electron chi connectivity index (χ2n) is 3.10. The summed E-state index contributed by atoms with van der Waals surface area (Å²) in [5.41, 5.74) is 7.32. The van der Waals surface area contributed by atoms with Gasteiger partial charge in [0.05, 0.1) is 0 Å². The molecule has 0 amide bonds. The monoisotopic (exact) mass is 200 g/mol. The number of rotatable bonds is 5. The minimum atomic E-state index is 0.504. The molecule has 0 aliphatic heterocycles. The molecule has 0 saturated carbocycles. The highest BCUT2D eigenvalue weighted by molar-refractivity contribution is 7.13. The maximum atomic E-state index is 5.57. The molecule has 1 aromatic rings. The van der Waals surface area contributed by atoms with E-state index in [1.165, 1.54) is 0 Å². The summed E-state index contributed by atoms with van der Waals surface area (Å²) in [7, 11) is 0. The van der Waals surface area contributed by atoms with E-state index >= 15 is 0 Å². The van der Waals surface area contributed by atoms with Crippen molar-refractivity contribution in [1.82, 2.24) is 10.2 Å². The summed E-state index contributed by atoms with van der Waals surface area (Å²) < 4.78 is 0. The molecular formula is C8H16N4S. The largest absolute Gasteiger partial charge is 0.347 e. The molecule has 0 aliphatic rings. The Bertz CT molecular complexity index is 224. The summed E-state index contributed by atoms with van der Waals surface area (Å²) in [4.78, 5) is 2.20. The minimum absolute atomic E-state index is 0.504. The highest BCUT2D eigenvalue weighted by Crippen LogP contribution is 2.16. The molecule has 13 heavy (non-hydrogen) atoms. The quantitative estimate of drug-likeness (QED) is 0.769. The first-order valence-corrected chi connectivity index (χ1v) is 5.37. The van der Waals surface area contributed by atoms with E-state index < -0.39 is 0 Å². The van der Waals surface area contributed by atoms with Gasteiger partial charge in [-0.3, -0.25) is 0 Å². The van der Waals surface area contributed by atoms with Gasteiger partial charge < -0.3 is 10.6 Å². The predicted molar refractivity (Wildman–Crippen MR) is 56.0 cm³/mol. The Labute approximate surface area is 82.8 Å². The molecule has 0 bridgehead atoms. The second kappa shape index (κ2) is 5.14. The fraction of sp³-hybridized carbons (Fsp3) is 0.750. The topological polar surface area (TPSA) is 55.0 Å². The van der Waals surface area contributed by atoms with E-state index in [2.05, 4.69) is 28.9 Å². The molecule has 2 N–H and O–H groups in total. The van der Waals surface area contributed by atoms with Gasteiger partial charge in [0.2, 0.25) is 5.13 Å². The summed E-state index contributed by atoms with van der Waals surface area (Å²) in [6.07, 6.45) is 0. The van der Waals surface area contributed by atoms with Crippen LogP contribution in [0.25, 0.3) is 0 Å². The van der Waals surface area contributed by atoms with Crippen LogP contribution in [-0.4, -0.2) is 29.8 Å². The zero-order valence-electron chi connectivity index (χ0n) is 8.10. The summed E-state index contributed by atoms with van der Waals surface area (Å²) in [6, 6.07) is 0. The van der Waals surface area contributed by atoms with Crippen LogP contribution in [0.2, 0.25) is 0 Å². The summed E-state index contributed by atoms with van der Waals surface area (Å²) in [5, 5.41) is 8.84. The van der Waals surface area contributed by atoms with Crippen molar-refractivity contribution in [2.75, 3.05) is 24.5 Å². The lowest BCUT2D eigenvalue weighted by Crippen LogP contribution is -2.31. The Morgan fingerprint density at radius 2 is 2.46 bits per heavy atom. The van der Waals surface area contributed by atoms with E-state index in [0.29, 0.717) is 5.92 Å².